The number of nitrogens with one attached hydrogen (secondary N) is 4. The zero-order valence-corrected chi connectivity index (χ0v) is 38.3. The number of imidazole rings is 2. The smallest absolute Gasteiger partial charge is 0.407 e. The predicted molar refractivity (Wildman–Crippen MR) is 250 cm³/mol. The third-order valence-corrected chi connectivity index (χ3v) is 14.0. The standard InChI is InChI=1S/C51H56N8O8/c1-26(2)41(57-51(64)66-5)49(61)59-27(3)11-18-38(59)46-52-37-17-15-31-21-36-34-16-14-32(20-33(34)25-67-40(36)22-35(31)45(37)55-46)43-42(30-12-13-30)53-47(54-43)39-19-28(24-65-4)23-58(39)48(60)44(56-50(62)63)29-9-7-6-8-10-29/h6-10,14-17,20-22,26-28,30,38-39,41,44,56H,11-13,18-19,23-25H2,1-5H3,(H,52,55)(H,53,54)(H,57,64)(H,62,63)/t27-,28-,38-,39-,41-,44+/m0/s1. The molecule has 6 atom stereocenters. The summed E-state index contributed by atoms with van der Waals surface area (Å²) in [5.41, 5.74) is 8.16. The Bertz CT molecular complexity index is 2890. The Morgan fingerprint density at radius 1 is 0.881 bits per heavy atom. The number of benzene rings is 4. The minimum Gasteiger partial charge on any atom is -0.488 e. The van der Waals surface area contributed by atoms with Gasteiger partial charge in [0.1, 0.15) is 36.1 Å². The monoisotopic (exact) mass is 908 g/mol. The number of fused-ring (bicyclic) bond motifs is 6. The van der Waals surface area contributed by atoms with Gasteiger partial charge in [0, 0.05) is 53.7 Å². The molecule has 348 valence electrons. The van der Waals surface area contributed by atoms with Gasteiger partial charge in [-0.3, -0.25) is 9.59 Å². The summed E-state index contributed by atoms with van der Waals surface area (Å²) in [5.74, 6) is 1.87. The number of hydrogen-bond acceptors (Lipinski definition) is 9. The van der Waals surface area contributed by atoms with Crippen LogP contribution >= 0.6 is 0 Å². The Balaban J connectivity index is 0.947. The van der Waals surface area contributed by atoms with Crippen molar-refractivity contribution in [3.8, 4) is 28.1 Å². The molecule has 2 aromatic heterocycles. The molecule has 3 fully saturated rings. The predicted octanol–water partition coefficient (Wildman–Crippen LogP) is 8.52. The number of ether oxygens (including phenoxy) is 3. The van der Waals surface area contributed by atoms with Gasteiger partial charge in [0.2, 0.25) is 5.91 Å². The van der Waals surface area contributed by atoms with Crippen molar-refractivity contribution in [3.63, 3.8) is 0 Å². The second-order valence-electron chi connectivity index (χ2n) is 18.9. The van der Waals surface area contributed by atoms with Crippen molar-refractivity contribution in [2.24, 2.45) is 11.8 Å². The van der Waals surface area contributed by atoms with Crippen LogP contribution in [-0.2, 0) is 25.7 Å². The van der Waals surface area contributed by atoms with E-state index in [0.717, 1.165) is 86.9 Å². The Morgan fingerprint density at radius 3 is 2.40 bits per heavy atom. The van der Waals surface area contributed by atoms with Crippen molar-refractivity contribution in [3.05, 3.63) is 101 Å². The zero-order chi connectivity index (χ0) is 46.7. The summed E-state index contributed by atoms with van der Waals surface area (Å²) < 4.78 is 16.9. The van der Waals surface area contributed by atoms with Gasteiger partial charge in [-0.05, 0) is 91.3 Å². The molecule has 0 bridgehead atoms. The maximum atomic E-state index is 14.4. The van der Waals surface area contributed by atoms with E-state index in [1.54, 1.807) is 36.3 Å². The van der Waals surface area contributed by atoms with Gasteiger partial charge < -0.3 is 49.7 Å². The summed E-state index contributed by atoms with van der Waals surface area (Å²) >= 11 is 0. The highest BCUT2D eigenvalue weighted by Gasteiger charge is 2.44. The van der Waals surface area contributed by atoms with Crippen LogP contribution in [-0.4, -0.2) is 98.3 Å². The molecule has 3 aliphatic heterocycles. The number of amides is 4. The quantitative estimate of drug-likeness (QED) is 0.0792. The average molecular weight is 909 g/mol. The first-order valence-corrected chi connectivity index (χ1v) is 23.2. The van der Waals surface area contributed by atoms with E-state index in [9.17, 15) is 24.3 Å². The number of aromatic nitrogens is 4. The molecule has 4 aliphatic rings. The van der Waals surface area contributed by atoms with Crippen molar-refractivity contribution in [1.29, 1.82) is 0 Å². The van der Waals surface area contributed by atoms with Gasteiger partial charge in [-0.2, -0.15) is 0 Å². The number of methoxy groups -OCH3 is 2. The number of alkyl carbamates (subject to hydrolysis) is 1. The Labute approximate surface area is 387 Å². The van der Waals surface area contributed by atoms with Crippen LogP contribution in [0.3, 0.4) is 0 Å². The highest BCUT2D eigenvalue weighted by atomic mass is 16.5. The zero-order valence-electron chi connectivity index (χ0n) is 38.3. The summed E-state index contributed by atoms with van der Waals surface area (Å²) in [5, 5.41) is 16.9. The number of aromatic amines is 2. The maximum absolute atomic E-state index is 14.4. The third-order valence-electron chi connectivity index (χ3n) is 14.0. The second kappa shape index (κ2) is 17.7. The van der Waals surface area contributed by atoms with Gasteiger partial charge >= 0.3 is 12.2 Å². The first-order chi connectivity index (χ1) is 32.4. The van der Waals surface area contributed by atoms with Gasteiger partial charge in [-0.25, -0.2) is 19.6 Å². The van der Waals surface area contributed by atoms with E-state index >= 15 is 0 Å². The van der Waals surface area contributed by atoms with Crippen molar-refractivity contribution in [2.45, 2.75) is 95.6 Å². The summed E-state index contributed by atoms with van der Waals surface area (Å²) in [6.07, 6.45) is 2.33. The third kappa shape index (κ3) is 8.21. The lowest BCUT2D eigenvalue weighted by molar-refractivity contribution is -0.137. The van der Waals surface area contributed by atoms with Crippen LogP contribution in [0.25, 0.3) is 44.2 Å². The van der Waals surface area contributed by atoms with E-state index in [4.69, 9.17) is 24.2 Å². The van der Waals surface area contributed by atoms with E-state index in [0.29, 0.717) is 49.3 Å². The van der Waals surface area contributed by atoms with Gasteiger partial charge in [0.25, 0.3) is 5.91 Å². The summed E-state index contributed by atoms with van der Waals surface area (Å²) in [4.78, 5) is 73.8. The first-order valence-electron chi connectivity index (χ1n) is 23.2. The lowest BCUT2D eigenvalue weighted by Crippen LogP contribution is -2.52. The Kier molecular flexibility index (Phi) is 11.6. The molecule has 0 unspecified atom stereocenters. The number of rotatable bonds is 12. The highest BCUT2D eigenvalue weighted by molar-refractivity contribution is 6.07. The fraction of sp³-hybridized carbons (Fsp3) is 0.412. The fourth-order valence-electron chi connectivity index (χ4n) is 10.6. The minimum absolute atomic E-state index is 0.0374. The largest absolute Gasteiger partial charge is 0.488 e. The minimum atomic E-state index is -1.27. The molecule has 1 saturated carbocycles. The van der Waals surface area contributed by atoms with E-state index < -0.39 is 30.3 Å². The lowest BCUT2D eigenvalue weighted by atomic mass is 9.92. The Morgan fingerprint density at radius 2 is 1.67 bits per heavy atom. The Hall–Kier alpha value is -6.94. The van der Waals surface area contributed by atoms with Crippen molar-refractivity contribution >= 4 is 45.8 Å². The molecule has 4 aromatic carbocycles. The normalized spacial score (nSPS) is 20.9. The molecule has 5 heterocycles. The fourth-order valence-corrected chi connectivity index (χ4v) is 10.6. The number of carboxylic acid groups (broad SMARTS) is 1. The van der Waals surface area contributed by atoms with Crippen molar-refractivity contribution in [1.82, 2.24) is 40.4 Å². The van der Waals surface area contributed by atoms with E-state index in [2.05, 4.69) is 57.0 Å². The molecule has 5 N–H and O–H groups in total. The molecular weight excluding hydrogens is 853 g/mol. The van der Waals surface area contributed by atoms with Crippen LogP contribution in [0.5, 0.6) is 5.75 Å². The number of nitrogens with zero attached hydrogens (tertiary/aromatic N) is 4. The topological polar surface area (TPSA) is 204 Å². The first kappa shape index (κ1) is 43.9. The van der Waals surface area contributed by atoms with Crippen molar-refractivity contribution < 1.29 is 38.5 Å². The van der Waals surface area contributed by atoms with Crippen LogP contribution in [0.15, 0.2) is 72.8 Å². The van der Waals surface area contributed by atoms with E-state index in [1.807, 2.05) is 37.8 Å². The molecule has 0 radical (unpaired) electrons. The summed E-state index contributed by atoms with van der Waals surface area (Å²) in [6, 6.07) is 21.1. The second-order valence-corrected chi connectivity index (χ2v) is 18.9. The van der Waals surface area contributed by atoms with Gasteiger partial charge in [0.15, 0.2) is 0 Å². The molecule has 2 saturated heterocycles. The van der Waals surface area contributed by atoms with E-state index in [-0.39, 0.29) is 35.7 Å². The van der Waals surface area contributed by atoms with Crippen LogP contribution in [0.2, 0.25) is 0 Å². The molecule has 10 rings (SSSR count). The van der Waals surface area contributed by atoms with Gasteiger partial charge in [-0.15, -0.1) is 0 Å². The molecular formula is C51H56N8O8. The molecule has 16 nitrogen and oxygen atoms in total. The molecule has 67 heavy (non-hydrogen) atoms. The lowest BCUT2D eigenvalue weighted by Gasteiger charge is -2.32. The van der Waals surface area contributed by atoms with Crippen LogP contribution in [0.4, 0.5) is 9.59 Å². The average Bonchev–Trinajstić information content (AvgIpc) is 3.61. The number of carbonyl (C=O) groups excluding carboxylic acids is 3. The number of likely N-dealkylation sites (tertiary alicyclic amines) is 2. The number of hydrogen-bond donors (Lipinski definition) is 5. The summed E-state index contributed by atoms with van der Waals surface area (Å²) in [6.45, 7) is 7.07. The van der Waals surface area contributed by atoms with Crippen LogP contribution in [0.1, 0.15) is 105 Å². The molecule has 6 aromatic rings. The number of H-pyrrole nitrogens is 2. The molecule has 0 spiro atoms. The molecule has 1 aliphatic carbocycles. The van der Waals surface area contributed by atoms with Gasteiger partial charge in [-0.1, -0.05) is 62.4 Å². The maximum Gasteiger partial charge on any atom is 0.407 e. The SMILES string of the molecule is COC[C@H]1C[C@@H](c2nc(-c3ccc4c(c3)COc3cc5c(ccc6[nH]c([C@@H]7CC[C@H](C)N7C(=O)[C@@H](NC(=O)OC)C(C)C)nc65)cc3-4)c(C3CC3)[nH]2)N(C(=O)[C@H](NC(=O)O)c2ccccc2)C1. The molecule has 16 heteroatoms. The van der Waals surface area contributed by atoms with Crippen LogP contribution < -0.4 is 15.4 Å². The molecule has 4 amide bonds. The number of carbonyl (C=O) groups is 4. The van der Waals surface area contributed by atoms with E-state index in [1.165, 1.54) is 7.11 Å². The van der Waals surface area contributed by atoms with Crippen molar-refractivity contribution in [2.75, 3.05) is 27.4 Å². The van der Waals surface area contributed by atoms with Gasteiger partial charge in [0.05, 0.1) is 42.5 Å². The summed E-state index contributed by atoms with van der Waals surface area (Å²) in [7, 11) is 2.94. The van der Waals surface area contributed by atoms with Crippen LogP contribution in [0, 0.1) is 11.8 Å². The highest BCUT2D eigenvalue weighted by Crippen LogP contribution is 2.48.